The largest absolute Gasteiger partial charge is 0.477 e. The highest BCUT2D eigenvalue weighted by Gasteiger charge is 2.18. The van der Waals surface area contributed by atoms with Gasteiger partial charge in [0.25, 0.3) is 0 Å². The molecule has 0 radical (unpaired) electrons. The number of pyridine rings is 1. The predicted octanol–water partition coefficient (Wildman–Crippen LogP) is 2.15. The van der Waals surface area contributed by atoms with Crippen molar-refractivity contribution < 1.29 is 14.8 Å². The Kier molecular flexibility index (Phi) is 4.59. The third kappa shape index (κ3) is 3.41. The van der Waals surface area contributed by atoms with Gasteiger partial charge in [-0.05, 0) is 12.0 Å². The summed E-state index contributed by atoms with van der Waals surface area (Å²) in [5.74, 6) is -0.892. The first kappa shape index (κ1) is 13.9. The number of aromatic carboxylic acids is 1. The first-order chi connectivity index (χ1) is 8.45. The molecule has 0 amide bonds. The lowest BCUT2D eigenvalue weighted by Gasteiger charge is -2.11. The van der Waals surface area contributed by atoms with Gasteiger partial charge in [-0.15, -0.1) is 0 Å². The number of rotatable bonds is 6. The van der Waals surface area contributed by atoms with Crippen molar-refractivity contribution in [2.75, 3.05) is 11.9 Å². The molecule has 0 saturated carbocycles. The molecule has 0 bridgehead atoms. The minimum absolute atomic E-state index is 0.000185. The number of carbonyl (C=O) groups is 1. The monoisotopic (exact) mass is 253 g/mol. The van der Waals surface area contributed by atoms with E-state index in [9.17, 15) is 14.9 Å². The van der Waals surface area contributed by atoms with Crippen LogP contribution in [0, 0.1) is 16.0 Å². The van der Waals surface area contributed by atoms with E-state index >= 15 is 0 Å². The van der Waals surface area contributed by atoms with Crippen LogP contribution in [0.4, 0.5) is 11.5 Å². The molecule has 1 unspecified atom stereocenters. The highest BCUT2D eigenvalue weighted by atomic mass is 16.6. The summed E-state index contributed by atoms with van der Waals surface area (Å²) in [5, 5.41) is 22.4. The predicted molar refractivity (Wildman–Crippen MR) is 65.8 cm³/mol. The number of anilines is 1. The molecule has 7 heteroatoms. The van der Waals surface area contributed by atoms with E-state index in [0.717, 1.165) is 18.6 Å². The second-order valence-electron chi connectivity index (χ2n) is 4.02. The highest BCUT2D eigenvalue weighted by Crippen LogP contribution is 2.22. The number of hydrogen-bond donors (Lipinski definition) is 2. The molecule has 0 spiro atoms. The van der Waals surface area contributed by atoms with Crippen molar-refractivity contribution >= 4 is 17.5 Å². The van der Waals surface area contributed by atoms with Crippen molar-refractivity contribution in [2.45, 2.75) is 20.3 Å². The molecular formula is C11H15N3O4. The van der Waals surface area contributed by atoms with Crippen molar-refractivity contribution in [3.05, 3.63) is 27.9 Å². The smallest absolute Gasteiger partial charge is 0.354 e. The zero-order valence-corrected chi connectivity index (χ0v) is 10.2. The topological polar surface area (TPSA) is 105 Å². The van der Waals surface area contributed by atoms with Crippen molar-refractivity contribution in [3.63, 3.8) is 0 Å². The SMILES string of the molecule is CCC(C)CNc1nc(C(=O)O)ccc1[N+](=O)[O-]. The van der Waals surface area contributed by atoms with E-state index in [1.54, 1.807) is 0 Å². The third-order valence-electron chi connectivity index (χ3n) is 2.60. The molecule has 1 rings (SSSR count). The molecule has 0 aliphatic carbocycles. The minimum atomic E-state index is -1.21. The fourth-order valence-electron chi connectivity index (χ4n) is 1.26. The Morgan fingerprint density at radius 2 is 2.28 bits per heavy atom. The molecule has 1 aromatic heterocycles. The molecule has 0 fully saturated rings. The first-order valence-electron chi connectivity index (χ1n) is 5.58. The van der Waals surface area contributed by atoms with Gasteiger partial charge < -0.3 is 10.4 Å². The molecule has 2 N–H and O–H groups in total. The van der Waals surface area contributed by atoms with Crippen LogP contribution in [0.5, 0.6) is 0 Å². The molecular weight excluding hydrogens is 238 g/mol. The van der Waals surface area contributed by atoms with Gasteiger partial charge in [-0.1, -0.05) is 20.3 Å². The van der Waals surface area contributed by atoms with Crippen molar-refractivity contribution in [2.24, 2.45) is 5.92 Å². The Morgan fingerprint density at radius 3 is 2.78 bits per heavy atom. The lowest BCUT2D eigenvalue weighted by molar-refractivity contribution is -0.384. The Labute approximate surface area is 104 Å². The molecule has 0 aliphatic heterocycles. The van der Waals surface area contributed by atoms with Gasteiger partial charge in [0.15, 0.2) is 5.69 Å². The third-order valence-corrected chi connectivity index (χ3v) is 2.60. The van der Waals surface area contributed by atoms with Gasteiger partial charge in [0, 0.05) is 12.6 Å². The normalized spacial score (nSPS) is 11.9. The Morgan fingerprint density at radius 1 is 1.61 bits per heavy atom. The quantitative estimate of drug-likeness (QED) is 0.594. The Bertz CT molecular complexity index is 462. The summed E-state index contributed by atoms with van der Waals surface area (Å²) in [7, 11) is 0. The first-order valence-corrected chi connectivity index (χ1v) is 5.58. The maximum absolute atomic E-state index is 10.8. The van der Waals surface area contributed by atoms with Gasteiger partial charge in [0.2, 0.25) is 5.82 Å². The lowest BCUT2D eigenvalue weighted by atomic mass is 10.1. The lowest BCUT2D eigenvalue weighted by Crippen LogP contribution is -2.14. The molecule has 1 heterocycles. The van der Waals surface area contributed by atoms with Crippen molar-refractivity contribution in [1.29, 1.82) is 0 Å². The second-order valence-corrected chi connectivity index (χ2v) is 4.02. The number of hydrogen-bond acceptors (Lipinski definition) is 5. The van der Waals surface area contributed by atoms with Gasteiger partial charge in [-0.25, -0.2) is 9.78 Å². The molecule has 7 nitrogen and oxygen atoms in total. The van der Waals surface area contributed by atoms with Crippen LogP contribution in [0.1, 0.15) is 30.8 Å². The van der Waals surface area contributed by atoms with E-state index in [1.807, 2.05) is 13.8 Å². The summed E-state index contributed by atoms with van der Waals surface area (Å²) in [5.41, 5.74) is -0.435. The van der Waals surface area contributed by atoms with Crippen molar-refractivity contribution in [3.8, 4) is 0 Å². The van der Waals surface area contributed by atoms with E-state index in [-0.39, 0.29) is 17.2 Å². The number of aromatic nitrogens is 1. The average molecular weight is 253 g/mol. The zero-order chi connectivity index (χ0) is 13.7. The maximum Gasteiger partial charge on any atom is 0.354 e. The summed E-state index contributed by atoms with van der Waals surface area (Å²) < 4.78 is 0. The Balaban J connectivity index is 3.00. The van der Waals surface area contributed by atoms with Crippen LogP contribution in [-0.2, 0) is 0 Å². The van der Waals surface area contributed by atoms with E-state index in [4.69, 9.17) is 5.11 Å². The summed E-state index contributed by atoms with van der Waals surface area (Å²) in [6.45, 7) is 4.50. The van der Waals surface area contributed by atoms with Crippen LogP contribution in [-0.4, -0.2) is 27.5 Å². The van der Waals surface area contributed by atoms with E-state index < -0.39 is 10.9 Å². The van der Waals surface area contributed by atoms with Gasteiger partial charge in [0.05, 0.1) is 4.92 Å². The maximum atomic E-state index is 10.8. The summed E-state index contributed by atoms with van der Waals surface area (Å²) in [4.78, 5) is 24.7. The summed E-state index contributed by atoms with van der Waals surface area (Å²) >= 11 is 0. The van der Waals surface area contributed by atoms with Crippen LogP contribution in [0.15, 0.2) is 12.1 Å². The average Bonchev–Trinajstić information content (AvgIpc) is 2.35. The van der Waals surface area contributed by atoms with E-state index in [0.29, 0.717) is 12.5 Å². The van der Waals surface area contributed by atoms with Crippen LogP contribution in [0.25, 0.3) is 0 Å². The number of carboxylic acid groups (broad SMARTS) is 1. The van der Waals surface area contributed by atoms with Crippen LogP contribution in [0.2, 0.25) is 0 Å². The highest BCUT2D eigenvalue weighted by molar-refractivity contribution is 5.86. The van der Waals surface area contributed by atoms with Gasteiger partial charge >= 0.3 is 11.7 Å². The van der Waals surface area contributed by atoms with Crippen LogP contribution >= 0.6 is 0 Å². The molecule has 1 atom stereocenters. The van der Waals surface area contributed by atoms with Crippen molar-refractivity contribution in [1.82, 2.24) is 4.98 Å². The fourth-order valence-corrected chi connectivity index (χ4v) is 1.26. The van der Waals surface area contributed by atoms with Gasteiger partial charge in [-0.2, -0.15) is 0 Å². The minimum Gasteiger partial charge on any atom is -0.477 e. The van der Waals surface area contributed by atoms with E-state index in [2.05, 4.69) is 10.3 Å². The van der Waals surface area contributed by atoms with Gasteiger partial charge in [0.1, 0.15) is 0 Å². The molecule has 0 aliphatic rings. The number of carboxylic acids is 1. The Hall–Kier alpha value is -2.18. The standard InChI is InChI=1S/C11H15N3O4/c1-3-7(2)6-12-10-9(14(17)18)5-4-8(13-10)11(15)16/h4-5,7H,3,6H2,1-2H3,(H,12,13)(H,15,16). The number of nitrogens with one attached hydrogen (secondary N) is 1. The fraction of sp³-hybridized carbons (Fsp3) is 0.455. The molecule has 98 valence electrons. The zero-order valence-electron chi connectivity index (χ0n) is 10.2. The molecule has 0 aromatic carbocycles. The molecule has 18 heavy (non-hydrogen) atoms. The van der Waals surface area contributed by atoms with Gasteiger partial charge in [-0.3, -0.25) is 10.1 Å². The van der Waals surface area contributed by atoms with Crippen LogP contribution < -0.4 is 5.32 Å². The molecule has 0 saturated heterocycles. The van der Waals surface area contributed by atoms with Crippen LogP contribution in [0.3, 0.4) is 0 Å². The molecule has 1 aromatic rings. The summed E-state index contributed by atoms with van der Waals surface area (Å²) in [6, 6.07) is 2.27. The van der Waals surface area contributed by atoms with E-state index in [1.165, 1.54) is 0 Å². The second kappa shape index (κ2) is 5.95. The number of nitrogens with zero attached hydrogens (tertiary/aromatic N) is 2. The number of nitro groups is 1. The summed E-state index contributed by atoms with van der Waals surface area (Å²) in [6.07, 6.45) is 0.916.